The Hall–Kier alpha value is -3.54. The maximum absolute atomic E-state index is 11.6. The van der Waals surface area contributed by atoms with Gasteiger partial charge in [0.15, 0.2) is 0 Å². The molecule has 2 aliphatic heterocycles. The first kappa shape index (κ1) is 44.2. The number of nitrogens with zero attached hydrogens (tertiary/aromatic N) is 2. The van der Waals surface area contributed by atoms with Gasteiger partial charge in [0.2, 0.25) is 0 Å². The Bertz CT molecular complexity index is 1520. The van der Waals surface area contributed by atoms with Gasteiger partial charge in [-0.25, -0.2) is 0 Å². The fourth-order valence-corrected chi connectivity index (χ4v) is 8.88. The lowest BCUT2D eigenvalue weighted by molar-refractivity contribution is -0.144. The lowest BCUT2D eigenvalue weighted by Crippen LogP contribution is -2.40. The molecule has 304 valence electrons. The Balaban J connectivity index is 1.31. The second kappa shape index (κ2) is 22.9. The number of benzene rings is 2. The molecule has 55 heavy (non-hydrogen) atoms. The molecule has 0 fully saturated rings. The highest BCUT2D eigenvalue weighted by molar-refractivity contribution is 5.71. The van der Waals surface area contributed by atoms with Crippen molar-refractivity contribution in [1.29, 1.82) is 0 Å². The molecule has 0 aromatic heterocycles. The molecule has 0 aliphatic carbocycles. The summed E-state index contributed by atoms with van der Waals surface area (Å²) in [6.07, 6.45) is 27.4. The van der Waals surface area contributed by atoms with Gasteiger partial charge in [-0.1, -0.05) is 153 Å². The molecule has 2 heterocycles. The van der Waals surface area contributed by atoms with Crippen LogP contribution in [0.5, 0.6) is 0 Å². The Morgan fingerprint density at radius 3 is 1.60 bits per heavy atom. The van der Waals surface area contributed by atoms with Gasteiger partial charge < -0.3 is 19.3 Å². The van der Waals surface area contributed by atoms with Crippen molar-refractivity contribution in [2.45, 2.75) is 174 Å². The van der Waals surface area contributed by atoms with Gasteiger partial charge in [-0.3, -0.25) is 9.59 Å². The highest BCUT2D eigenvalue weighted by Crippen LogP contribution is 2.48. The van der Waals surface area contributed by atoms with Crippen molar-refractivity contribution >= 4 is 23.3 Å². The third-order valence-corrected chi connectivity index (χ3v) is 12.0. The van der Waals surface area contributed by atoms with E-state index < -0.39 is 0 Å². The zero-order valence-electron chi connectivity index (χ0n) is 35.5. The molecule has 6 heteroatoms. The van der Waals surface area contributed by atoms with Gasteiger partial charge >= 0.3 is 11.9 Å². The van der Waals surface area contributed by atoms with E-state index in [-0.39, 0.29) is 22.8 Å². The van der Waals surface area contributed by atoms with Gasteiger partial charge in [0, 0.05) is 53.8 Å². The van der Waals surface area contributed by atoms with Gasteiger partial charge in [0.1, 0.15) is 0 Å². The third kappa shape index (κ3) is 12.7. The summed E-state index contributed by atoms with van der Waals surface area (Å²) in [4.78, 5) is 28.4. The number of allylic oxidation sites excluding steroid dienone is 3. The lowest BCUT2D eigenvalue weighted by Gasteiger charge is -2.32. The Labute approximate surface area is 335 Å². The van der Waals surface area contributed by atoms with Gasteiger partial charge in [0.25, 0.3) is 0 Å². The highest BCUT2D eigenvalue weighted by Gasteiger charge is 2.43. The molecule has 2 aromatic rings. The fourth-order valence-electron chi connectivity index (χ4n) is 8.88. The summed E-state index contributed by atoms with van der Waals surface area (Å²) in [5.41, 5.74) is 6.98. The van der Waals surface area contributed by atoms with Crippen LogP contribution in [0.3, 0.4) is 0 Å². The van der Waals surface area contributed by atoms with E-state index in [2.05, 4.69) is 104 Å². The smallest absolute Gasteiger partial charge is 0.305 e. The summed E-state index contributed by atoms with van der Waals surface area (Å²) in [5, 5.41) is 0. The topological polar surface area (TPSA) is 59.1 Å². The summed E-state index contributed by atoms with van der Waals surface area (Å²) in [6, 6.07) is 18.4. The van der Waals surface area contributed by atoms with E-state index in [9.17, 15) is 9.59 Å². The number of hydrogen-bond acceptors (Lipinski definition) is 6. The molecule has 0 bridgehead atoms. The van der Waals surface area contributed by atoms with Crippen LogP contribution in [0.2, 0.25) is 0 Å². The first-order valence-electron chi connectivity index (χ1n) is 22.1. The van der Waals surface area contributed by atoms with E-state index in [1.54, 1.807) is 0 Å². The van der Waals surface area contributed by atoms with Gasteiger partial charge in [-0.2, -0.15) is 0 Å². The number of rotatable bonds is 26. The van der Waals surface area contributed by atoms with E-state index in [1.807, 2.05) is 13.8 Å². The summed E-state index contributed by atoms with van der Waals surface area (Å²) in [6.45, 7) is 16.4. The number of fused-ring (bicyclic) bond motifs is 2. The number of esters is 2. The van der Waals surface area contributed by atoms with Crippen molar-refractivity contribution in [1.82, 2.24) is 0 Å². The van der Waals surface area contributed by atoms with Gasteiger partial charge in [-0.05, 0) is 68.9 Å². The van der Waals surface area contributed by atoms with E-state index >= 15 is 0 Å². The van der Waals surface area contributed by atoms with E-state index in [0.717, 1.165) is 38.8 Å². The summed E-state index contributed by atoms with van der Waals surface area (Å²) < 4.78 is 10.1. The quantitative estimate of drug-likeness (QED) is 0.0704. The minimum atomic E-state index is -0.0565. The van der Waals surface area contributed by atoms with Crippen molar-refractivity contribution in [3.63, 3.8) is 0 Å². The molecule has 0 amide bonds. The molecule has 1 atom stereocenters. The summed E-state index contributed by atoms with van der Waals surface area (Å²) in [7, 11) is 0. The number of unbranched alkanes of at least 4 members (excludes halogenated alkanes) is 14. The molecule has 0 saturated carbocycles. The van der Waals surface area contributed by atoms with Gasteiger partial charge in [-0.15, -0.1) is 0 Å². The predicted octanol–water partition coefficient (Wildman–Crippen LogP) is 12.5. The minimum Gasteiger partial charge on any atom is -0.466 e. The first-order valence-corrected chi connectivity index (χ1v) is 22.1. The van der Waals surface area contributed by atoms with Crippen molar-refractivity contribution in [2.75, 3.05) is 36.1 Å². The average molecular weight is 755 g/mol. The average Bonchev–Trinajstić information content (AvgIpc) is 3.51. The van der Waals surface area contributed by atoms with Crippen LogP contribution in [0.1, 0.15) is 168 Å². The van der Waals surface area contributed by atoms with Crippen LogP contribution in [0.15, 0.2) is 72.5 Å². The monoisotopic (exact) mass is 755 g/mol. The van der Waals surface area contributed by atoms with Crippen LogP contribution in [-0.4, -0.2) is 44.3 Å². The molecule has 4 rings (SSSR count). The molecule has 2 aromatic carbocycles. The van der Waals surface area contributed by atoms with E-state index in [4.69, 9.17) is 9.47 Å². The van der Waals surface area contributed by atoms with Gasteiger partial charge in [0.05, 0.1) is 19.3 Å². The number of ether oxygens (including phenoxy) is 2. The van der Waals surface area contributed by atoms with Crippen molar-refractivity contribution in [3.8, 4) is 0 Å². The molecule has 2 aliphatic rings. The van der Waals surface area contributed by atoms with E-state index in [1.165, 1.54) is 105 Å². The Morgan fingerprint density at radius 2 is 1.05 bits per heavy atom. The fraction of sp³-hybridized carbons (Fsp3) is 0.633. The SMILES string of the molecule is CCOC(=O)CCCCCCCCCCN1C(=CC=CC2N(CCCCCCCCCCC(=O)OCC)c3ccccc3C2(C)C)C(C)(C)c2ccccc21. The molecule has 0 saturated heterocycles. The van der Waals surface area contributed by atoms with Crippen LogP contribution in [0.4, 0.5) is 11.4 Å². The highest BCUT2D eigenvalue weighted by atomic mass is 16.5. The van der Waals surface area contributed by atoms with E-state index in [0.29, 0.717) is 32.1 Å². The molecule has 6 nitrogen and oxygen atoms in total. The molecule has 0 spiro atoms. The number of para-hydroxylation sites is 2. The molecular formula is C49H74N2O4. The summed E-state index contributed by atoms with van der Waals surface area (Å²) in [5.74, 6) is -0.112. The third-order valence-electron chi connectivity index (χ3n) is 12.0. The van der Waals surface area contributed by atoms with Crippen molar-refractivity contribution in [3.05, 3.63) is 83.6 Å². The number of hydrogen-bond donors (Lipinski definition) is 0. The molecule has 1 unspecified atom stereocenters. The van der Waals surface area contributed by atoms with Crippen LogP contribution < -0.4 is 9.80 Å². The molecule has 0 N–H and O–H groups in total. The molecule has 0 radical (unpaired) electrons. The van der Waals surface area contributed by atoms with Crippen LogP contribution >= 0.6 is 0 Å². The maximum atomic E-state index is 11.6. The number of carbonyl (C=O) groups excluding carboxylic acids is 2. The second-order valence-corrected chi connectivity index (χ2v) is 16.9. The van der Waals surface area contributed by atoms with Crippen LogP contribution in [0.25, 0.3) is 0 Å². The normalized spacial score (nSPS) is 17.6. The number of anilines is 2. The van der Waals surface area contributed by atoms with Crippen molar-refractivity contribution in [2.24, 2.45) is 0 Å². The zero-order valence-corrected chi connectivity index (χ0v) is 35.5. The maximum Gasteiger partial charge on any atom is 0.305 e. The zero-order chi connectivity index (χ0) is 39.5. The minimum absolute atomic E-state index is 0.0177. The van der Waals surface area contributed by atoms with Crippen molar-refractivity contribution < 1.29 is 19.1 Å². The Kier molecular flexibility index (Phi) is 18.4. The Morgan fingerprint density at radius 1 is 0.600 bits per heavy atom. The standard InChI is InChI=1S/C49H74N2O4/c1-7-54-46(52)36-21-17-13-9-11-15-19-27-38-50-42-32-25-23-30-40(42)48(3,4)44(50)34-29-35-45-49(5,6)41-31-24-26-33-43(41)51(45)39-28-20-16-12-10-14-18-22-37-47(53)55-8-2/h23-26,29-35,44H,7-22,27-28,36-39H2,1-6H3. The summed E-state index contributed by atoms with van der Waals surface area (Å²) >= 11 is 0. The van der Waals surface area contributed by atoms with Crippen LogP contribution in [0, 0.1) is 0 Å². The largest absolute Gasteiger partial charge is 0.466 e. The lowest BCUT2D eigenvalue weighted by atomic mass is 9.80. The number of carbonyl (C=O) groups is 2. The predicted molar refractivity (Wildman–Crippen MR) is 231 cm³/mol. The van der Waals surface area contributed by atoms with Crippen LogP contribution in [-0.2, 0) is 29.9 Å². The first-order chi connectivity index (χ1) is 26.6. The second-order valence-electron chi connectivity index (χ2n) is 16.9. The molecular weight excluding hydrogens is 681 g/mol.